The minimum atomic E-state index is -4.34. The minimum absolute atomic E-state index is 0.103. The van der Waals surface area contributed by atoms with Gasteiger partial charge in [-0.2, -0.15) is 8.78 Å². The third kappa shape index (κ3) is 4.49. The van der Waals surface area contributed by atoms with Crippen molar-refractivity contribution >= 4 is 18.1 Å². The summed E-state index contributed by atoms with van der Waals surface area (Å²) in [6.07, 6.45) is 2.55. The summed E-state index contributed by atoms with van der Waals surface area (Å²) in [5.74, 6) is -6.82. The Morgan fingerprint density at radius 3 is 2.00 bits per heavy atom. The second-order valence-electron chi connectivity index (χ2n) is 10.4. The molecule has 4 aliphatic rings. The average Bonchev–Trinajstić information content (AvgIpc) is 2.75. The van der Waals surface area contributed by atoms with E-state index < -0.39 is 41.6 Å². The minimum Gasteiger partial charge on any atom is -0.544 e. The Kier molecular flexibility index (Phi) is 6.33. The van der Waals surface area contributed by atoms with Crippen LogP contribution in [0.15, 0.2) is 24.3 Å². The topological polar surface area (TPSA) is 102 Å². The number of esters is 1. The monoisotopic (exact) mass is 479 g/mol. The van der Waals surface area contributed by atoms with E-state index in [0.29, 0.717) is 11.8 Å². The number of alkyl halides is 2. The summed E-state index contributed by atoms with van der Waals surface area (Å²) >= 11 is 0. The zero-order chi connectivity index (χ0) is 24.8. The fraction of sp³-hybridized carbons (Fsp3) is 0.640. The number of hydrogen-bond acceptors (Lipinski definition) is 7. The normalized spacial score (nSPS) is 30.6. The summed E-state index contributed by atoms with van der Waals surface area (Å²) in [5.41, 5.74) is -0.654. The van der Waals surface area contributed by atoms with E-state index >= 15 is 0 Å². The lowest BCUT2D eigenvalue weighted by molar-refractivity contribution is -0.337. The second-order valence-corrected chi connectivity index (χ2v) is 10.4. The molecule has 0 amide bonds. The predicted octanol–water partition coefficient (Wildman–Crippen LogP) is 3.98. The zero-order valence-electron chi connectivity index (χ0n) is 19.4. The summed E-state index contributed by atoms with van der Waals surface area (Å²) in [4.78, 5) is 35.6. The third-order valence-corrected chi connectivity index (χ3v) is 7.82. The van der Waals surface area contributed by atoms with Crippen molar-refractivity contribution in [3.8, 4) is 5.75 Å². The molecule has 4 aliphatic carbocycles. The van der Waals surface area contributed by atoms with Gasteiger partial charge < -0.3 is 24.1 Å². The molecular weight excluding hydrogens is 450 g/mol. The highest BCUT2D eigenvalue weighted by molar-refractivity contribution is 5.90. The number of carbonyl (C=O) groups is 3. The Morgan fingerprint density at radius 2 is 1.53 bits per heavy atom. The van der Waals surface area contributed by atoms with Crippen molar-refractivity contribution in [2.24, 2.45) is 29.6 Å². The van der Waals surface area contributed by atoms with Crippen LogP contribution in [0.5, 0.6) is 5.75 Å². The molecule has 4 fully saturated rings. The molecule has 186 valence electrons. The molecule has 1 atom stereocenters. The van der Waals surface area contributed by atoms with Crippen molar-refractivity contribution in [1.82, 2.24) is 0 Å². The highest BCUT2D eigenvalue weighted by Gasteiger charge is 2.57. The third-order valence-electron chi connectivity index (χ3n) is 7.82. The van der Waals surface area contributed by atoms with Crippen molar-refractivity contribution in [1.29, 1.82) is 0 Å². The van der Waals surface area contributed by atoms with Gasteiger partial charge in [-0.25, -0.2) is 9.59 Å². The van der Waals surface area contributed by atoms with Crippen LogP contribution in [0, 0.1) is 29.6 Å². The first-order valence-electron chi connectivity index (χ1n) is 11.7. The maximum atomic E-state index is 13.9. The van der Waals surface area contributed by atoms with Crippen LogP contribution < -0.4 is 9.84 Å². The number of benzene rings is 1. The van der Waals surface area contributed by atoms with Crippen LogP contribution in [0.4, 0.5) is 13.6 Å². The van der Waals surface area contributed by atoms with E-state index in [1.807, 2.05) is 6.92 Å². The summed E-state index contributed by atoms with van der Waals surface area (Å²) < 4.78 is 43.6. The molecule has 34 heavy (non-hydrogen) atoms. The van der Waals surface area contributed by atoms with Gasteiger partial charge in [0, 0.05) is 0 Å². The van der Waals surface area contributed by atoms with Crippen LogP contribution in [0.25, 0.3) is 0 Å². The van der Waals surface area contributed by atoms with Crippen LogP contribution >= 0.6 is 0 Å². The van der Waals surface area contributed by atoms with E-state index in [-0.39, 0.29) is 11.3 Å². The van der Waals surface area contributed by atoms with Crippen LogP contribution in [-0.2, 0) is 14.3 Å². The van der Waals surface area contributed by atoms with Crippen molar-refractivity contribution in [3.63, 3.8) is 0 Å². The van der Waals surface area contributed by atoms with E-state index in [4.69, 9.17) is 14.2 Å². The molecule has 9 heteroatoms. The summed E-state index contributed by atoms with van der Waals surface area (Å²) in [7, 11) is 0. The number of ether oxygens (including phenoxy) is 3. The molecule has 0 aromatic heterocycles. The SMILES string of the molecule is CC(C)C(OC(=O)c1ccc(OC(=O)OC2(C)C3CC4CC(C3)CC2C4)cc1)C(F)(F)C(=O)[O-]. The summed E-state index contributed by atoms with van der Waals surface area (Å²) in [6, 6.07) is 5.12. The fourth-order valence-electron chi connectivity index (χ4n) is 6.17. The Morgan fingerprint density at radius 1 is 1.00 bits per heavy atom. The Balaban J connectivity index is 1.37. The highest BCUT2D eigenvalue weighted by atomic mass is 19.3. The van der Waals surface area contributed by atoms with E-state index in [9.17, 15) is 28.3 Å². The first kappa shape index (κ1) is 24.4. The lowest BCUT2D eigenvalue weighted by Crippen LogP contribution is -2.58. The largest absolute Gasteiger partial charge is 0.544 e. The Bertz CT molecular complexity index is 929. The number of halogens is 2. The smallest absolute Gasteiger partial charge is 0.514 e. The molecule has 0 spiro atoms. The van der Waals surface area contributed by atoms with Gasteiger partial charge in [0.25, 0.3) is 0 Å². The first-order valence-corrected chi connectivity index (χ1v) is 11.7. The number of hydrogen-bond donors (Lipinski definition) is 0. The maximum absolute atomic E-state index is 13.9. The van der Waals surface area contributed by atoms with Gasteiger partial charge in [0.2, 0.25) is 0 Å². The molecule has 0 radical (unpaired) electrons. The lowest BCUT2D eigenvalue weighted by Gasteiger charge is -2.58. The molecule has 0 aliphatic heterocycles. The van der Waals surface area contributed by atoms with Gasteiger partial charge >= 0.3 is 18.0 Å². The van der Waals surface area contributed by atoms with Gasteiger partial charge in [0.05, 0.1) is 5.56 Å². The number of carboxylic acids is 1. The fourth-order valence-corrected chi connectivity index (χ4v) is 6.17. The Hall–Kier alpha value is -2.71. The molecule has 1 aromatic rings. The molecule has 1 unspecified atom stereocenters. The van der Waals surface area contributed by atoms with E-state index in [1.165, 1.54) is 44.5 Å². The molecule has 4 saturated carbocycles. The molecular formula is C25H29F2O7-. The van der Waals surface area contributed by atoms with Crippen LogP contribution in [0.2, 0.25) is 0 Å². The average molecular weight is 479 g/mol. The zero-order valence-corrected chi connectivity index (χ0v) is 19.4. The maximum Gasteiger partial charge on any atom is 0.514 e. The quantitative estimate of drug-likeness (QED) is 0.431. The van der Waals surface area contributed by atoms with E-state index in [0.717, 1.165) is 37.5 Å². The number of rotatable bonds is 7. The second kappa shape index (κ2) is 8.82. The molecule has 0 saturated heterocycles. The van der Waals surface area contributed by atoms with Gasteiger partial charge in [-0.1, -0.05) is 13.8 Å². The van der Waals surface area contributed by atoms with Crippen LogP contribution in [0.1, 0.15) is 63.2 Å². The lowest BCUT2D eigenvalue weighted by atomic mass is 9.50. The number of carboxylic acid groups (broad SMARTS) is 1. The standard InChI is InChI=1S/C25H30F2O7/c1-13(2)20(25(26,27)22(29)30)33-21(28)16-4-6-19(7-5-16)32-23(31)34-24(3)17-9-14-8-15(11-17)12-18(24)10-14/h4-7,13-15,17-18,20H,8-12H2,1-3H3,(H,29,30)/p-1. The highest BCUT2D eigenvalue weighted by Crippen LogP contribution is 2.59. The number of carbonyl (C=O) groups excluding carboxylic acids is 3. The molecule has 5 rings (SSSR count). The molecule has 0 heterocycles. The van der Waals surface area contributed by atoms with Gasteiger partial charge in [-0.05, 0) is 92.9 Å². The van der Waals surface area contributed by atoms with Gasteiger partial charge in [-0.15, -0.1) is 0 Å². The van der Waals surface area contributed by atoms with Crippen molar-refractivity contribution < 1.29 is 42.5 Å². The van der Waals surface area contributed by atoms with E-state index in [2.05, 4.69) is 0 Å². The van der Waals surface area contributed by atoms with Gasteiger partial charge in [-0.3, -0.25) is 0 Å². The van der Waals surface area contributed by atoms with Crippen LogP contribution in [-0.4, -0.2) is 35.7 Å². The van der Waals surface area contributed by atoms with Crippen LogP contribution in [0.3, 0.4) is 0 Å². The summed E-state index contributed by atoms with van der Waals surface area (Å²) in [5, 5.41) is 10.8. The first-order chi connectivity index (χ1) is 15.9. The molecule has 4 bridgehead atoms. The van der Waals surface area contributed by atoms with Gasteiger partial charge in [0.15, 0.2) is 6.10 Å². The Labute approximate surface area is 196 Å². The predicted molar refractivity (Wildman–Crippen MR) is 113 cm³/mol. The summed E-state index contributed by atoms with van der Waals surface area (Å²) in [6.45, 7) is 4.61. The number of aliphatic carboxylic acids is 1. The van der Waals surface area contributed by atoms with E-state index in [1.54, 1.807) is 0 Å². The molecule has 0 N–H and O–H groups in total. The van der Waals surface area contributed by atoms with Crippen molar-refractivity contribution in [2.45, 2.75) is 70.5 Å². The van der Waals surface area contributed by atoms with Crippen molar-refractivity contribution in [2.75, 3.05) is 0 Å². The van der Waals surface area contributed by atoms with Crippen molar-refractivity contribution in [3.05, 3.63) is 29.8 Å². The molecule has 1 aromatic carbocycles. The molecule has 7 nitrogen and oxygen atoms in total. The van der Waals surface area contributed by atoms with Gasteiger partial charge in [0.1, 0.15) is 17.3 Å².